The molecule has 0 fully saturated rings. The first-order chi connectivity index (χ1) is 8.33. The van der Waals surface area contributed by atoms with Crippen LogP contribution in [0.25, 0.3) is 0 Å². The summed E-state index contributed by atoms with van der Waals surface area (Å²) < 4.78 is 0. The molecule has 1 aliphatic rings. The van der Waals surface area contributed by atoms with Gasteiger partial charge < -0.3 is 5.73 Å². The molecule has 0 atom stereocenters. The van der Waals surface area contributed by atoms with E-state index in [1.165, 1.54) is 30.4 Å². The molecule has 1 aromatic heterocycles. The SMILES string of the molecule is NC(=Nc1ccc2c(c1)CCC2)c1cccs1. The third-order valence-electron chi connectivity index (χ3n) is 3.11. The molecule has 2 nitrogen and oxygen atoms in total. The summed E-state index contributed by atoms with van der Waals surface area (Å²) in [5.41, 5.74) is 9.85. The fourth-order valence-electron chi connectivity index (χ4n) is 2.25. The van der Waals surface area contributed by atoms with E-state index in [0.29, 0.717) is 5.84 Å². The van der Waals surface area contributed by atoms with E-state index < -0.39 is 0 Å². The highest BCUT2D eigenvalue weighted by Gasteiger charge is 2.10. The van der Waals surface area contributed by atoms with Gasteiger partial charge in [0.1, 0.15) is 5.84 Å². The van der Waals surface area contributed by atoms with Gasteiger partial charge in [-0.1, -0.05) is 12.1 Å². The molecule has 0 radical (unpaired) electrons. The molecular formula is C14H14N2S. The van der Waals surface area contributed by atoms with E-state index in [-0.39, 0.29) is 0 Å². The highest BCUT2D eigenvalue weighted by Crippen LogP contribution is 2.26. The van der Waals surface area contributed by atoms with Crippen molar-refractivity contribution in [2.75, 3.05) is 0 Å². The van der Waals surface area contributed by atoms with Gasteiger partial charge in [0, 0.05) is 0 Å². The van der Waals surface area contributed by atoms with Crippen LogP contribution in [0.2, 0.25) is 0 Å². The Hall–Kier alpha value is -1.61. The van der Waals surface area contributed by atoms with Gasteiger partial charge in [-0.05, 0) is 54.0 Å². The molecular weight excluding hydrogens is 228 g/mol. The van der Waals surface area contributed by atoms with Crippen LogP contribution in [0.15, 0.2) is 40.7 Å². The molecule has 0 unspecified atom stereocenters. The van der Waals surface area contributed by atoms with Crippen molar-refractivity contribution < 1.29 is 0 Å². The molecule has 1 aromatic carbocycles. The molecule has 0 saturated carbocycles. The van der Waals surface area contributed by atoms with Gasteiger partial charge in [0.2, 0.25) is 0 Å². The van der Waals surface area contributed by atoms with Crippen molar-refractivity contribution in [3.8, 4) is 0 Å². The van der Waals surface area contributed by atoms with Gasteiger partial charge in [0.05, 0.1) is 10.6 Å². The van der Waals surface area contributed by atoms with E-state index in [2.05, 4.69) is 23.2 Å². The molecule has 2 aromatic rings. The Morgan fingerprint density at radius 3 is 2.88 bits per heavy atom. The van der Waals surface area contributed by atoms with Gasteiger partial charge in [-0.2, -0.15) is 0 Å². The minimum atomic E-state index is 0.609. The minimum Gasteiger partial charge on any atom is -0.383 e. The number of aryl methyl sites for hydroxylation is 2. The summed E-state index contributed by atoms with van der Waals surface area (Å²) in [5, 5.41) is 2.01. The van der Waals surface area contributed by atoms with E-state index in [4.69, 9.17) is 5.73 Å². The highest BCUT2D eigenvalue weighted by molar-refractivity contribution is 7.12. The Labute approximate surface area is 105 Å². The minimum absolute atomic E-state index is 0.609. The zero-order chi connectivity index (χ0) is 11.7. The number of benzene rings is 1. The van der Waals surface area contributed by atoms with Crippen LogP contribution in [0.1, 0.15) is 22.4 Å². The highest BCUT2D eigenvalue weighted by atomic mass is 32.1. The molecule has 2 N–H and O–H groups in total. The van der Waals surface area contributed by atoms with Crippen molar-refractivity contribution in [1.82, 2.24) is 0 Å². The quantitative estimate of drug-likeness (QED) is 0.637. The fraction of sp³-hybridized carbons (Fsp3) is 0.214. The van der Waals surface area contributed by atoms with Gasteiger partial charge in [0.15, 0.2) is 0 Å². The van der Waals surface area contributed by atoms with Gasteiger partial charge in [-0.3, -0.25) is 0 Å². The van der Waals surface area contributed by atoms with Gasteiger partial charge >= 0.3 is 0 Å². The first-order valence-electron chi connectivity index (χ1n) is 5.83. The standard InChI is InChI=1S/C14H14N2S/c15-14(13-5-2-8-17-13)16-12-7-6-10-3-1-4-11(10)9-12/h2,5-9H,1,3-4H2,(H2,15,16). The number of nitrogens with two attached hydrogens (primary N) is 1. The van der Waals surface area contributed by atoms with E-state index >= 15 is 0 Å². The van der Waals surface area contributed by atoms with Crippen molar-refractivity contribution in [3.05, 3.63) is 51.7 Å². The summed E-state index contributed by atoms with van der Waals surface area (Å²) in [4.78, 5) is 5.52. The molecule has 0 spiro atoms. The number of rotatable bonds is 2. The average molecular weight is 242 g/mol. The monoisotopic (exact) mass is 242 g/mol. The second kappa shape index (κ2) is 4.34. The van der Waals surface area contributed by atoms with Crippen LogP contribution < -0.4 is 5.73 Å². The van der Waals surface area contributed by atoms with Crippen molar-refractivity contribution >= 4 is 22.9 Å². The maximum atomic E-state index is 5.98. The van der Waals surface area contributed by atoms with Crippen molar-refractivity contribution in [2.24, 2.45) is 10.7 Å². The zero-order valence-electron chi connectivity index (χ0n) is 9.52. The maximum absolute atomic E-state index is 5.98. The zero-order valence-corrected chi connectivity index (χ0v) is 10.3. The summed E-state index contributed by atoms with van der Waals surface area (Å²) in [6, 6.07) is 10.4. The van der Waals surface area contributed by atoms with E-state index in [0.717, 1.165) is 10.6 Å². The van der Waals surface area contributed by atoms with Crippen LogP contribution in [0, 0.1) is 0 Å². The Bertz CT molecular complexity index is 556. The second-order valence-corrected chi connectivity index (χ2v) is 5.23. The lowest BCUT2D eigenvalue weighted by Crippen LogP contribution is -2.10. The Kier molecular flexibility index (Phi) is 2.69. The predicted molar refractivity (Wildman–Crippen MR) is 73.2 cm³/mol. The van der Waals surface area contributed by atoms with Crippen molar-refractivity contribution in [1.29, 1.82) is 0 Å². The average Bonchev–Trinajstić information content (AvgIpc) is 2.99. The van der Waals surface area contributed by atoms with E-state index in [1.807, 2.05) is 17.5 Å². The van der Waals surface area contributed by atoms with Crippen molar-refractivity contribution in [3.63, 3.8) is 0 Å². The summed E-state index contributed by atoms with van der Waals surface area (Å²) in [5.74, 6) is 0.609. The van der Waals surface area contributed by atoms with E-state index in [1.54, 1.807) is 11.3 Å². The molecule has 1 aliphatic carbocycles. The molecule has 86 valence electrons. The molecule has 0 bridgehead atoms. The maximum Gasteiger partial charge on any atom is 0.141 e. The molecule has 0 aliphatic heterocycles. The number of fused-ring (bicyclic) bond motifs is 1. The molecule has 3 rings (SSSR count). The summed E-state index contributed by atoms with van der Waals surface area (Å²) >= 11 is 1.62. The Morgan fingerprint density at radius 2 is 2.06 bits per heavy atom. The molecule has 3 heteroatoms. The lowest BCUT2D eigenvalue weighted by atomic mass is 10.1. The van der Waals surface area contributed by atoms with Crippen LogP contribution in [0.3, 0.4) is 0 Å². The summed E-state index contributed by atoms with van der Waals surface area (Å²) in [6.07, 6.45) is 3.65. The Balaban J connectivity index is 1.93. The topological polar surface area (TPSA) is 38.4 Å². The second-order valence-electron chi connectivity index (χ2n) is 4.28. The summed E-state index contributed by atoms with van der Waals surface area (Å²) in [6.45, 7) is 0. The molecule has 1 heterocycles. The van der Waals surface area contributed by atoms with Crippen LogP contribution in [-0.2, 0) is 12.8 Å². The van der Waals surface area contributed by atoms with Gasteiger partial charge in [0.25, 0.3) is 0 Å². The van der Waals surface area contributed by atoms with Gasteiger partial charge in [-0.25, -0.2) is 4.99 Å². The third-order valence-corrected chi connectivity index (χ3v) is 4.00. The van der Waals surface area contributed by atoms with Crippen LogP contribution in [0.4, 0.5) is 5.69 Å². The van der Waals surface area contributed by atoms with Gasteiger partial charge in [-0.15, -0.1) is 11.3 Å². The number of thiophene rings is 1. The number of amidine groups is 1. The Morgan fingerprint density at radius 1 is 1.18 bits per heavy atom. The lowest BCUT2D eigenvalue weighted by Gasteiger charge is -2.01. The smallest absolute Gasteiger partial charge is 0.141 e. The third kappa shape index (κ3) is 2.11. The molecule has 17 heavy (non-hydrogen) atoms. The number of hydrogen-bond acceptors (Lipinski definition) is 2. The van der Waals surface area contributed by atoms with Crippen LogP contribution in [0.5, 0.6) is 0 Å². The lowest BCUT2D eigenvalue weighted by molar-refractivity contribution is 0.912. The normalized spacial score (nSPS) is 14.9. The predicted octanol–water partition coefficient (Wildman–Crippen LogP) is 3.27. The number of hydrogen-bond donors (Lipinski definition) is 1. The van der Waals surface area contributed by atoms with E-state index in [9.17, 15) is 0 Å². The fourth-order valence-corrected chi connectivity index (χ4v) is 2.87. The van der Waals surface area contributed by atoms with Crippen LogP contribution >= 0.6 is 11.3 Å². The van der Waals surface area contributed by atoms with Crippen LogP contribution in [-0.4, -0.2) is 5.84 Å². The largest absolute Gasteiger partial charge is 0.383 e. The number of nitrogens with zero attached hydrogens (tertiary/aromatic N) is 1. The first-order valence-corrected chi connectivity index (χ1v) is 6.71. The first kappa shape index (κ1) is 10.5. The molecule has 0 saturated heterocycles. The number of aliphatic imine (C=N–C) groups is 1. The van der Waals surface area contributed by atoms with Crippen molar-refractivity contribution in [2.45, 2.75) is 19.3 Å². The summed E-state index contributed by atoms with van der Waals surface area (Å²) in [7, 11) is 0. The molecule has 0 amide bonds.